The van der Waals surface area contributed by atoms with E-state index in [1.54, 1.807) is 18.2 Å². The Labute approximate surface area is 113 Å². The topological polar surface area (TPSA) is 84.2 Å². The third kappa shape index (κ3) is 4.99. The standard InChI is InChI=1S/C14H21N3O2/c1-3-7-17-14(19)6-8-16-11-4-5-12(10(2)18)13(15)9-11/h4-5,9,16H,3,6-8,15H2,1-2H3,(H,17,19). The lowest BCUT2D eigenvalue weighted by molar-refractivity contribution is -0.120. The van der Waals surface area contributed by atoms with Gasteiger partial charge in [-0.15, -0.1) is 0 Å². The normalized spacial score (nSPS) is 10.0. The zero-order valence-corrected chi connectivity index (χ0v) is 11.5. The highest BCUT2D eigenvalue weighted by Gasteiger charge is 2.05. The van der Waals surface area contributed by atoms with Crippen LogP contribution in [0.5, 0.6) is 0 Å². The number of Topliss-reactive ketones (excluding diaryl/α,β-unsaturated/α-hetero) is 1. The Hall–Kier alpha value is -2.04. The number of amides is 1. The highest BCUT2D eigenvalue weighted by Crippen LogP contribution is 2.18. The molecule has 1 aromatic carbocycles. The monoisotopic (exact) mass is 263 g/mol. The van der Waals surface area contributed by atoms with Crippen molar-refractivity contribution in [1.29, 1.82) is 0 Å². The fourth-order valence-electron chi connectivity index (χ4n) is 1.67. The zero-order valence-electron chi connectivity index (χ0n) is 11.5. The first kappa shape index (κ1) is 15.0. The second-order valence-corrected chi connectivity index (χ2v) is 4.38. The van der Waals surface area contributed by atoms with Crippen LogP contribution in [-0.4, -0.2) is 24.8 Å². The van der Waals surface area contributed by atoms with E-state index in [1.807, 2.05) is 6.92 Å². The fraction of sp³-hybridized carbons (Fsp3) is 0.429. The summed E-state index contributed by atoms with van der Waals surface area (Å²) < 4.78 is 0. The maximum atomic E-state index is 11.4. The molecule has 4 N–H and O–H groups in total. The number of anilines is 2. The molecule has 19 heavy (non-hydrogen) atoms. The van der Waals surface area contributed by atoms with Crippen molar-refractivity contribution < 1.29 is 9.59 Å². The molecule has 0 aromatic heterocycles. The van der Waals surface area contributed by atoms with Crippen molar-refractivity contribution in [2.24, 2.45) is 0 Å². The SMILES string of the molecule is CCCNC(=O)CCNc1ccc(C(C)=O)c(N)c1. The second kappa shape index (κ2) is 7.41. The maximum absolute atomic E-state index is 11.4. The predicted molar refractivity (Wildman–Crippen MR) is 77.3 cm³/mol. The Morgan fingerprint density at radius 3 is 2.58 bits per heavy atom. The van der Waals surface area contributed by atoms with Crippen molar-refractivity contribution in [1.82, 2.24) is 5.32 Å². The highest BCUT2D eigenvalue weighted by atomic mass is 16.1. The molecule has 1 rings (SSSR count). The summed E-state index contributed by atoms with van der Waals surface area (Å²) in [6.07, 6.45) is 1.34. The lowest BCUT2D eigenvalue weighted by Gasteiger charge is -2.09. The average Bonchev–Trinajstić information content (AvgIpc) is 2.36. The minimum absolute atomic E-state index is 0.0303. The predicted octanol–water partition coefficient (Wildman–Crippen LogP) is 1.80. The van der Waals surface area contributed by atoms with Gasteiger partial charge in [0, 0.05) is 36.4 Å². The molecular formula is C14H21N3O2. The van der Waals surface area contributed by atoms with Crippen LogP contribution in [0.15, 0.2) is 18.2 Å². The van der Waals surface area contributed by atoms with Gasteiger partial charge in [-0.25, -0.2) is 0 Å². The van der Waals surface area contributed by atoms with Crippen LogP contribution in [0.2, 0.25) is 0 Å². The number of benzene rings is 1. The van der Waals surface area contributed by atoms with E-state index < -0.39 is 0 Å². The first-order chi connectivity index (χ1) is 9.04. The van der Waals surface area contributed by atoms with Gasteiger partial charge in [0.25, 0.3) is 0 Å². The average molecular weight is 263 g/mol. The van der Waals surface area contributed by atoms with Gasteiger partial charge in [-0.05, 0) is 31.5 Å². The lowest BCUT2D eigenvalue weighted by Crippen LogP contribution is -2.25. The Morgan fingerprint density at radius 1 is 1.26 bits per heavy atom. The molecule has 0 radical (unpaired) electrons. The number of nitrogens with one attached hydrogen (secondary N) is 2. The van der Waals surface area contributed by atoms with Crippen LogP contribution in [0.1, 0.15) is 37.0 Å². The van der Waals surface area contributed by atoms with Crippen molar-refractivity contribution in [2.45, 2.75) is 26.7 Å². The van der Waals surface area contributed by atoms with Crippen LogP contribution in [0.4, 0.5) is 11.4 Å². The van der Waals surface area contributed by atoms with Gasteiger partial charge in [0.05, 0.1) is 0 Å². The molecule has 0 aliphatic rings. The molecule has 0 spiro atoms. The maximum Gasteiger partial charge on any atom is 0.221 e. The first-order valence-corrected chi connectivity index (χ1v) is 6.45. The van der Waals surface area contributed by atoms with E-state index in [4.69, 9.17) is 5.73 Å². The Kier molecular flexibility index (Phi) is 5.85. The Morgan fingerprint density at radius 2 is 2.00 bits per heavy atom. The summed E-state index contributed by atoms with van der Waals surface area (Å²) >= 11 is 0. The van der Waals surface area contributed by atoms with E-state index in [1.165, 1.54) is 6.92 Å². The second-order valence-electron chi connectivity index (χ2n) is 4.38. The summed E-state index contributed by atoms with van der Waals surface area (Å²) in [5.74, 6) is -0.0225. The van der Waals surface area contributed by atoms with E-state index in [-0.39, 0.29) is 11.7 Å². The molecule has 0 unspecified atom stereocenters. The van der Waals surface area contributed by atoms with Gasteiger partial charge >= 0.3 is 0 Å². The summed E-state index contributed by atoms with van der Waals surface area (Å²) in [6.45, 7) is 4.74. The molecule has 0 aliphatic heterocycles. The minimum atomic E-state index is -0.0528. The van der Waals surface area contributed by atoms with Gasteiger partial charge in [-0.1, -0.05) is 6.92 Å². The third-order valence-corrected chi connectivity index (χ3v) is 2.68. The number of nitrogens with two attached hydrogens (primary N) is 1. The van der Waals surface area contributed by atoms with Gasteiger partial charge < -0.3 is 16.4 Å². The van der Waals surface area contributed by atoms with Crippen LogP contribution in [0.25, 0.3) is 0 Å². The van der Waals surface area contributed by atoms with Crippen LogP contribution >= 0.6 is 0 Å². The zero-order chi connectivity index (χ0) is 14.3. The molecule has 104 valence electrons. The smallest absolute Gasteiger partial charge is 0.221 e. The molecule has 0 fully saturated rings. The van der Waals surface area contributed by atoms with E-state index in [9.17, 15) is 9.59 Å². The molecule has 0 saturated heterocycles. The highest BCUT2D eigenvalue weighted by molar-refractivity contribution is 5.99. The molecule has 0 bridgehead atoms. The van der Waals surface area contributed by atoms with Crippen LogP contribution in [0, 0.1) is 0 Å². The van der Waals surface area contributed by atoms with Gasteiger partial charge in [0.2, 0.25) is 5.91 Å². The van der Waals surface area contributed by atoms with Crippen molar-refractivity contribution in [3.63, 3.8) is 0 Å². The molecule has 0 atom stereocenters. The summed E-state index contributed by atoms with van der Waals surface area (Å²) in [5.41, 5.74) is 7.56. The fourth-order valence-corrected chi connectivity index (χ4v) is 1.67. The van der Waals surface area contributed by atoms with Crippen LogP contribution in [-0.2, 0) is 4.79 Å². The molecule has 1 amide bonds. The number of hydrogen-bond acceptors (Lipinski definition) is 4. The van der Waals surface area contributed by atoms with Gasteiger partial charge in [-0.2, -0.15) is 0 Å². The van der Waals surface area contributed by atoms with Crippen molar-refractivity contribution in [3.05, 3.63) is 23.8 Å². The van der Waals surface area contributed by atoms with E-state index in [0.717, 1.165) is 12.1 Å². The number of carbonyl (C=O) groups is 2. The molecule has 5 nitrogen and oxygen atoms in total. The molecular weight excluding hydrogens is 242 g/mol. The Bertz CT molecular complexity index is 458. The summed E-state index contributed by atoms with van der Waals surface area (Å²) in [6, 6.07) is 5.19. The minimum Gasteiger partial charge on any atom is -0.398 e. The number of carbonyl (C=O) groups excluding carboxylic acids is 2. The van der Waals surface area contributed by atoms with Crippen LogP contribution in [0.3, 0.4) is 0 Å². The lowest BCUT2D eigenvalue weighted by atomic mass is 10.1. The number of nitrogen functional groups attached to an aromatic ring is 1. The Balaban J connectivity index is 2.44. The molecule has 0 saturated carbocycles. The van der Waals surface area contributed by atoms with E-state index in [2.05, 4.69) is 10.6 Å². The number of ketones is 1. The molecule has 1 aromatic rings. The van der Waals surface area contributed by atoms with Crippen LogP contribution < -0.4 is 16.4 Å². The van der Waals surface area contributed by atoms with Crippen molar-refractivity contribution in [2.75, 3.05) is 24.1 Å². The van der Waals surface area contributed by atoms with Gasteiger partial charge in [0.1, 0.15) is 0 Å². The van der Waals surface area contributed by atoms with Crippen molar-refractivity contribution >= 4 is 23.1 Å². The van der Waals surface area contributed by atoms with Crippen molar-refractivity contribution in [3.8, 4) is 0 Å². The summed E-state index contributed by atoms with van der Waals surface area (Å²) in [7, 11) is 0. The quantitative estimate of drug-likeness (QED) is 0.517. The van der Waals surface area contributed by atoms with Gasteiger partial charge in [0.15, 0.2) is 5.78 Å². The first-order valence-electron chi connectivity index (χ1n) is 6.45. The van der Waals surface area contributed by atoms with Gasteiger partial charge in [-0.3, -0.25) is 9.59 Å². The number of hydrogen-bond donors (Lipinski definition) is 3. The largest absolute Gasteiger partial charge is 0.398 e. The summed E-state index contributed by atoms with van der Waals surface area (Å²) in [4.78, 5) is 22.6. The molecule has 0 aliphatic carbocycles. The third-order valence-electron chi connectivity index (χ3n) is 2.68. The van der Waals surface area contributed by atoms with E-state index in [0.29, 0.717) is 30.8 Å². The number of rotatable bonds is 7. The van der Waals surface area contributed by atoms with E-state index >= 15 is 0 Å². The molecule has 0 heterocycles. The summed E-state index contributed by atoms with van der Waals surface area (Å²) in [5, 5.41) is 5.91. The molecule has 5 heteroatoms.